The number of ether oxygens (including phenoxy) is 1. The fraction of sp³-hybridized carbons (Fsp3) is 0.316. The molecule has 0 aliphatic carbocycles. The van der Waals surface area contributed by atoms with Gasteiger partial charge in [0.1, 0.15) is 0 Å². The summed E-state index contributed by atoms with van der Waals surface area (Å²) in [5.41, 5.74) is 5.60. The number of aliphatic hydroxyl groups is 1. The quantitative estimate of drug-likeness (QED) is 0.515. The molecular weight excluding hydrogens is 380 g/mol. The topological polar surface area (TPSA) is 107 Å². The minimum atomic E-state index is -3.48. The molecule has 148 valence electrons. The molecule has 28 heavy (non-hydrogen) atoms. The van der Waals surface area contributed by atoms with Crippen LogP contribution in [0, 0.1) is 13.8 Å². The van der Waals surface area contributed by atoms with Crippen molar-refractivity contribution in [1.82, 2.24) is 19.7 Å². The van der Waals surface area contributed by atoms with Crippen LogP contribution in [0.15, 0.2) is 35.9 Å². The van der Waals surface area contributed by atoms with E-state index in [2.05, 4.69) is 15.1 Å². The van der Waals surface area contributed by atoms with E-state index < -0.39 is 16.1 Å². The summed E-state index contributed by atoms with van der Waals surface area (Å²) in [6, 6.07) is 3.74. The fourth-order valence-electron chi connectivity index (χ4n) is 3.12. The van der Waals surface area contributed by atoms with Gasteiger partial charge in [-0.3, -0.25) is 4.68 Å². The zero-order valence-electron chi connectivity index (χ0n) is 16.3. The lowest BCUT2D eigenvalue weighted by atomic mass is 9.93. The molecule has 1 aromatic carbocycles. The van der Waals surface area contributed by atoms with Gasteiger partial charge in [-0.15, -0.1) is 0 Å². The van der Waals surface area contributed by atoms with Crippen LogP contribution in [-0.2, 0) is 21.6 Å². The molecule has 0 amide bonds. The predicted octanol–water partition coefficient (Wildman–Crippen LogP) is 2.20. The highest BCUT2D eigenvalue weighted by molar-refractivity contribution is 7.90. The predicted molar refractivity (Wildman–Crippen MR) is 104 cm³/mol. The molecule has 9 heteroatoms. The highest BCUT2D eigenvalue weighted by atomic mass is 32.2. The van der Waals surface area contributed by atoms with E-state index in [1.165, 1.54) is 19.5 Å². The zero-order chi connectivity index (χ0) is 20.6. The fourth-order valence-corrected chi connectivity index (χ4v) is 3.61. The molecule has 0 aliphatic heterocycles. The van der Waals surface area contributed by atoms with Crippen LogP contribution in [0.25, 0.3) is 22.4 Å². The maximum absolute atomic E-state index is 11.6. The minimum Gasteiger partial charge on any atom is -0.364 e. The summed E-state index contributed by atoms with van der Waals surface area (Å²) in [6.07, 6.45) is 4.64. The first-order chi connectivity index (χ1) is 13.1. The van der Waals surface area contributed by atoms with Crippen molar-refractivity contribution in [3.8, 4) is 22.4 Å². The number of aryl methyl sites for hydroxylation is 2. The molecule has 0 saturated carbocycles. The van der Waals surface area contributed by atoms with E-state index in [-0.39, 0.29) is 5.16 Å². The molecular formula is C19H22N4O4S. The number of aromatic nitrogens is 4. The molecule has 1 atom stereocenters. The van der Waals surface area contributed by atoms with Gasteiger partial charge in [0.05, 0.1) is 11.9 Å². The Morgan fingerprint density at radius 3 is 2.25 bits per heavy atom. The number of hydrogen-bond donors (Lipinski definition) is 1. The summed E-state index contributed by atoms with van der Waals surface area (Å²) in [7, 11) is -0.204. The highest BCUT2D eigenvalue weighted by Crippen LogP contribution is 2.35. The largest absolute Gasteiger partial charge is 0.364 e. The van der Waals surface area contributed by atoms with Gasteiger partial charge >= 0.3 is 0 Å². The Morgan fingerprint density at radius 1 is 1.11 bits per heavy atom. The van der Waals surface area contributed by atoms with E-state index in [1.54, 1.807) is 16.9 Å². The minimum absolute atomic E-state index is 0.233. The molecule has 0 saturated heterocycles. The van der Waals surface area contributed by atoms with Crippen LogP contribution in [0.5, 0.6) is 0 Å². The summed E-state index contributed by atoms with van der Waals surface area (Å²) in [6.45, 7) is 3.87. The summed E-state index contributed by atoms with van der Waals surface area (Å²) in [5, 5.41) is 14.4. The lowest BCUT2D eigenvalue weighted by Crippen LogP contribution is -2.06. The number of benzene rings is 1. The van der Waals surface area contributed by atoms with Crippen molar-refractivity contribution in [2.75, 3.05) is 13.4 Å². The van der Waals surface area contributed by atoms with Gasteiger partial charge in [0.15, 0.2) is 6.29 Å². The number of sulfone groups is 1. The van der Waals surface area contributed by atoms with E-state index in [0.717, 1.165) is 34.2 Å². The third kappa shape index (κ3) is 3.68. The van der Waals surface area contributed by atoms with Gasteiger partial charge in [-0.1, -0.05) is 0 Å². The van der Waals surface area contributed by atoms with Crippen LogP contribution in [-0.4, -0.2) is 46.6 Å². The zero-order valence-corrected chi connectivity index (χ0v) is 17.1. The SMILES string of the molecule is COC(O)c1cc(-c2cnc(S(C)(=O)=O)nc2)cc(-c2c(C)cnn2C)c1C. The van der Waals surface area contributed by atoms with Crippen LogP contribution in [0.3, 0.4) is 0 Å². The van der Waals surface area contributed by atoms with Gasteiger partial charge < -0.3 is 9.84 Å². The molecule has 0 spiro atoms. The third-order valence-corrected chi connectivity index (χ3v) is 5.48. The van der Waals surface area contributed by atoms with Crippen molar-refractivity contribution in [2.45, 2.75) is 25.3 Å². The van der Waals surface area contributed by atoms with Crippen molar-refractivity contribution in [1.29, 1.82) is 0 Å². The molecule has 0 bridgehead atoms. The van der Waals surface area contributed by atoms with E-state index in [1.807, 2.05) is 27.0 Å². The number of hydrogen-bond acceptors (Lipinski definition) is 7. The van der Waals surface area contributed by atoms with Gasteiger partial charge in [-0.05, 0) is 42.7 Å². The Balaban J connectivity index is 2.23. The van der Waals surface area contributed by atoms with Crippen LogP contribution in [0.2, 0.25) is 0 Å². The van der Waals surface area contributed by atoms with Crippen molar-refractivity contribution in [2.24, 2.45) is 7.05 Å². The van der Waals surface area contributed by atoms with E-state index in [4.69, 9.17) is 4.74 Å². The van der Waals surface area contributed by atoms with E-state index >= 15 is 0 Å². The average Bonchev–Trinajstić information content (AvgIpc) is 2.99. The van der Waals surface area contributed by atoms with Gasteiger partial charge in [-0.25, -0.2) is 18.4 Å². The second-order valence-electron chi connectivity index (χ2n) is 6.65. The van der Waals surface area contributed by atoms with Crippen molar-refractivity contribution in [3.05, 3.63) is 47.4 Å². The number of nitrogens with zero attached hydrogens (tertiary/aromatic N) is 4. The molecule has 1 unspecified atom stereocenters. The summed E-state index contributed by atoms with van der Waals surface area (Å²) in [4.78, 5) is 7.92. The van der Waals surface area contributed by atoms with Crippen molar-refractivity contribution >= 4 is 9.84 Å². The Hall–Kier alpha value is -2.62. The van der Waals surface area contributed by atoms with Crippen molar-refractivity contribution in [3.63, 3.8) is 0 Å². The standard InChI is InChI=1S/C19H22N4O4S/c1-11-8-22-23(3)17(11)15-6-13(7-16(12(15)2)18(24)27-4)14-9-20-19(21-10-14)28(5,25)26/h6-10,18,24H,1-5H3. The average molecular weight is 402 g/mol. The number of methoxy groups -OCH3 is 1. The second kappa shape index (κ2) is 7.42. The Morgan fingerprint density at radius 2 is 1.75 bits per heavy atom. The maximum Gasteiger partial charge on any atom is 0.246 e. The molecule has 2 heterocycles. The van der Waals surface area contributed by atoms with Gasteiger partial charge in [0.25, 0.3) is 0 Å². The lowest BCUT2D eigenvalue weighted by Gasteiger charge is -2.18. The Labute approximate surface area is 163 Å². The first-order valence-electron chi connectivity index (χ1n) is 8.50. The van der Waals surface area contributed by atoms with Crippen LogP contribution in [0.1, 0.15) is 23.0 Å². The first-order valence-corrected chi connectivity index (χ1v) is 10.4. The molecule has 8 nitrogen and oxygen atoms in total. The molecule has 2 aromatic heterocycles. The lowest BCUT2D eigenvalue weighted by molar-refractivity contribution is -0.0772. The monoisotopic (exact) mass is 402 g/mol. The van der Waals surface area contributed by atoms with E-state index in [9.17, 15) is 13.5 Å². The van der Waals surface area contributed by atoms with Crippen LogP contribution >= 0.6 is 0 Å². The summed E-state index contributed by atoms with van der Waals surface area (Å²) >= 11 is 0. The van der Waals surface area contributed by atoms with Crippen molar-refractivity contribution < 1.29 is 18.3 Å². The molecule has 0 aliphatic rings. The third-order valence-electron chi connectivity index (χ3n) is 4.61. The first kappa shape index (κ1) is 20.1. The van der Waals surface area contributed by atoms with Crippen LogP contribution in [0.4, 0.5) is 0 Å². The van der Waals surface area contributed by atoms with Gasteiger partial charge in [0.2, 0.25) is 15.0 Å². The Kier molecular flexibility index (Phi) is 5.33. The highest BCUT2D eigenvalue weighted by Gasteiger charge is 2.19. The Bertz CT molecular complexity index is 1100. The molecule has 1 N–H and O–H groups in total. The van der Waals surface area contributed by atoms with Crippen LogP contribution < -0.4 is 0 Å². The summed E-state index contributed by atoms with van der Waals surface area (Å²) < 4.78 is 30.1. The van der Waals surface area contributed by atoms with Gasteiger partial charge in [-0.2, -0.15) is 5.10 Å². The number of rotatable bonds is 5. The summed E-state index contributed by atoms with van der Waals surface area (Å²) in [5.74, 6) is 0. The smallest absolute Gasteiger partial charge is 0.246 e. The molecule has 3 rings (SSSR count). The van der Waals surface area contributed by atoms with Gasteiger partial charge in [0, 0.05) is 49.5 Å². The number of aliphatic hydroxyl groups excluding tert-OH is 1. The normalized spacial score (nSPS) is 12.9. The second-order valence-corrected chi connectivity index (χ2v) is 8.56. The molecule has 0 radical (unpaired) electrons. The molecule has 3 aromatic rings. The maximum atomic E-state index is 11.6. The molecule has 0 fully saturated rings. The van der Waals surface area contributed by atoms with E-state index in [0.29, 0.717) is 11.1 Å².